The number of carbonyl (C=O) groups is 3. The van der Waals surface area contributed by atoms with Crippen LogP contribution in [0.25, 0.3) is 0 Å². The molecule has 1 amide bonds. The summed E-state index contributed by atoms with van der Waals surface area (Å²) in [5.74, 6) is -1.99. The number of nitrogens with zero attached hydrogens (tertiary/aromatic N) is 1. The number of rotatable bonds is 5. The Morgan fingerprint density at radius 3 is 2.35 bits per heavy atom. The first-order chi connectivity index (χ1) is 9.16. The molecule has 0 radical (unpaired) electrons. The lowest BCUT2D eigenvalue weighted by Gasteiger charge is -2.20. The zero-order valence-corrected chi connectivity index (χ0v) is 11.4. The lowest BCUT2D eigenvalue weighted by Crippen LogP contribution is -2.36. The molecule has 9 nitrogen and oxygen atoms in total. The number of carbonyl (C=O) groups excluding carboxylic acids is 1. The highest BCUT2D eigenvalue weighted by molar-refractivity contribution is 6.04. The Morgan fingerprint density at radius 1 is 1.50 bits per heavy atom. The molecular weight excluding hydrogens is 268 g/mol. The van der Waals surface area contributed by atoms with Gasteiger partial charge in [-0.2, -0.15) is 0 Å². The fourth-order valence-corrected chi connectivity index (χ4v) is 1.54. The molecule has 0 aromatic heterocycles. The van der Waals surface area contributed by atoms with Crippen LogP contribution in [0.3, 0.4) is 0 Å². The van der Waals surface area contributed by atoms with Gasteiger partial charge in [0.15, 0.2) is 5.96 Å². The summed E-state index contributed by atoms with van der Waals surface area (Å²) in [7, 11) is 0. The van der Waals surface area contributed by atoms with Crippen LogP contribution in [-0.2, 0) is 14.4 Å². The normalized spacial score (nSPS) is 18.9. The average molecular weight is 288 g/mol. The Morgan fingerprint density at radius 2 is 2.00 bits per heavy atom. The monoisotopic (exact) mass is 288 g/mol. The summed E-state index contributed by atoms with van der Waals surface area (Å²) in [5.41, 5.74) is 5.34. The fraction of sp³-hybridized carbons (Fsp3) is 0.636. The van der Waals surface area contributed by atoms with Gasteiger partial charge >= 0.3 is 5.97 Å². The van der Waals surface area contributed by atoms with Gasteiger partial charge in [0.05, 0.1) is 0 Å². The summed E-state index contributed by atoms with van der Waals surface area (Å²) >= 11 is 0. The molecule has 0 aromatic rings. The van der Waals surface area contributed by atoms with Gasteiger partial charge in [-0.1, -0.05) is 0 Å². The molecule has 0 aliphatic carbocycles. The first-order valence-corrected chi connectivity index (χ1v) is 6.00. The van der Waals surface area contributed by atoms with Gasteiger partial charge in [0.2, 0.25) is 5.91 Å². The molecule has 0 bridgehead atoms. The molecular formula is C11H20N4O5. The summed E-state index contributed by atoms with van der Waals surface area (Å²) in [6.07, 6.45) is 0.870. The van der Waals surface area contributed by atoms with Crippen molar-refractivity contribution in [1.29, 1.82) is 5.41 Å². The van der Waals surface area contributed by atoms with Crippen molar-refractivity contribution in [2.75, 3.05) is 6.54 Å². The van der Waals surface area contributed by atoms with Crippen molar-refractivity contribution in [3.05, 3.63) is 0 Å². The van der Waals surface area contributed by atoms with Crippen LogP contribution in [0.5, 0.6) is 0 Å². The summed E-state index contributed by atoms with van der Waals surface area (Å²) in [5, 5.41) is 25.9. The van der Waals surface area contributed by atoms with Crippen LogP contribution in [0.2, 0.25) is 0 Å². The van der Waals surface area contributed by atoms with Crippen LogP contribution in [0, 0.1) is 5.41 Å². The minimum absolute atomic E-state index is 0.0707. The van der Waals surface area contributed by atoms with Gasteiger partial charge in [0.25, 0.3) is 5.97 Å². The summed E-state index contributed by atoms with van der Waals surface area (Å²) in [4.78, 5) is 32.2. The molecule has 0 spiro atoms. The maximum Gasteiger partial charge on any atom is 0.320 e. The molecule has 9 heteroatoms. The van der Waals surface area contributed by atoms with E-state index < -0.39 is 18.0 Å². The number of carboxylic acids is 2. The molecule has 0 saturated carbocycles. The minimum Gasteiger partial charge on any atom is -0.481 e. The predicted molar refractivity (Wildman–Crippen MR) is 70.2 cm³/mol. The summed E-state index contributed by atoms with van der Waals surface area (Å²) < 4.78 is 0. The average Bonchev–Trinajstić information content (AvgIpc) is 2.54. The van der Waals surface area contributed by atoms with Crippen LogP contribution >= 0.6 is 0 Å². The van der Waals surface area contributed by atoms with Gasteiger partial charge in [-0.3, -0.25) is 25.1 Å². The fourth-order valence-electron chi connectivity index (χ4n) is 1.54. The highest BCUT2D eigenvalue weighted by Crippen LogP contribution is 2.09. The van der Waals surface area contributed by atoms with E-state index in [9.17, 15) is 9.59 Å². The van der Waals surface area contributed by atoms with Gasteiger partial charge in [0.1, 0.15) is 12.1 Å². The van der Waals surface area contributed by atoms with E-state index in [1.54, 1.807) is 11.8 Å². The second-order valence-corrected chi connectivity index (χ2v) is 4.31. The Bertz CT molecular complexity index is 394. The minimum atomic E-state index is -1.03. The van der Waals surface area contributed by atoms with E-state index >= 15 is 0 Å². The maximum atomic E-state index is 11.2. The van der Waals surface area contributed by atoms with Gasteiger partial charge in [-0.25, -0.2) is 0 Å². The third-order valence-electron chi connectivity index (χ3n) is 2.61. The van der Waals surface area contributed by atoms with E-state index in [0.717, 1.165) is 6.92 Å². The smallest absolute Gasteiger partial charge is 0.320 e. The van der Waals surface area contributed by atoms with E-state index in [1.807, 2.05) is 0 Å². The summed E-state index contributed by atoms with van der Waals surface area (Å²) in [6.45, 7) is 3.24. The Balaban J connectivity index is 0.000000796. The van der Waals surface area contributed by atoms with Crippen molar-refractivity contribution >= 4 is 23.8 Å². The molecule has 1 aliphatic heterocycles. The number of hydrogen-bond acceptors (Lipinski definition) is 5. The van der Waals surface area contributed by atoms with E-state index in [0.29, 0.717) is 19.4 Å². The van der Waals surface area contributed by atoms with Crippen LogP contribution in [0.1, 0.15) is 26.7 Å². The quantitative estimate of drug-likeness (QED) is 0.435. The molecule has 1 fully saturated rings. The van der Waals surface area contributed by atoms with Crippen molar-refractivity contribution in [2.24, 2.45) is 5.73 Å². The van der Waals surface area contributed by atoms with Gasteiger partial charge in [-0.05, 0) is 19.8 Å². The highest BCUT2D eigenvalue weighted by Gasteiger charge is 2.31. The maximum absolute atomic E-state index is 11.2. The lowest BCUT2D eigenvalue weighted by molar-refractivity contribution is -0.139. The molecule has 1 rings (SSSR count). The largest absolute Gasteiger partial charge is 0.481 e. The topological polar surface area (TPSA) is 157 Å². The van der Waals surface area contributed by atoms with Gasteiger partial charge < -0.3 is 20.8 Å². The number of hydrogen-bond donors (Lipinski definition) is 5. The predicted octanol–water partition coefficient (Wildman–Crippen LogP) is -0.976. The third-order valence-corrected chi connectivity index (χ3v) is 2.61. The second-order valence-electron chi connectivity index (χ2n) is 4.31. The van der Waals surface area contributed by atoms with Gasteiger partial charge in [0, 0.05) is 13.5 Å². The van der Waals surface area contributed by atoms with E-state index in [1.165, 1.54) is 0 Å². The zero-order chi connectivity index (χ0) is 15.9. The van der Waals surface area contributed by atoms with Crippen molar-refractivity contribution in [2.45, 2.75) is 38.8 Å². The van der Waals surface area contributed by atoms with Crippen LogP contribution in [0.4, 0.5) is 0 Å². The molecule has 1 aliphatic rings. The number of nitrogens with two attached hydrogens (primary N) is 1. The lowest BCUT2D eigenvalue weighted by atomic mass is 10.1. The molecule has 1 saturated heterocycles. The number of amides is 1. The second kappa shape index (κ2) is 8.10. The third kappa shape index (κ3) is 6.14. The molecule has 0 aromatic carbocycles. The van der Waals surface area contributed by atoms with Crippen molar-refractivity contribution in [3.8, 4) is 0 Å². The van der Waals surface area contributed by atoms with E-state index in [2.05, 4.69) is 5.32 Å². The van der Waals surface area contributed by atoms with Gasteiger partial charge in [-0.15, -0.1) is 0 Å². The number of guanidine groups is 1. The highest BCUT2D eigenvalue weighted by atomic mass is 16.4. The zero-order valence-electron chi connectivity index (χ0n) is 11.4. The van der Waals surface area contributed by atoms with Crippen LogP contribution in [-0.4, -0.2) is 57.5 Å². The van der Waals surface area contributed by atoms with E-state index in [-0.39, 0.29) is 17.9 Å². The molecule has 1 unspecified atom stereocenters. The number of carboxylic acid groups (broad SMARTS) is 2. The molecule has 1 heterocycles. The molecule has 114 valence electrons. The van der Waals surface area contributed by atoms with Crippen LogP contribution < -0.4 is 11.1 Å². The Labute approximate surface area is 116 Å². The molecule has 2 atom stereocenters. The first kappa shape index (κ1) is 17.8. The van der Waals surface area contributed by atoms with Crippen molar-refractivity contribution in [3.63, 3.8) is 0 Å². The van der Waals surface area contributed by atoms with E-state index in [4.69, 9.17) is 26.2 Å². The molecule has 20 heavy (non-hydrogen) atoms. The van der Waals surface area contributed by atoms with Crippen molar-refractivity contribution in [1.82, 2.24) is 10.2 Å². The SMILES string of the molecule is CC(=O)O.CC1C(=O)NC(=N)N1CCC[C@H](N)C(=O)O. The molecule has 6 N–H and O–H groups in total. The van der Waals surface area contributed by atoms with Crippen molar-refractivity contribution < 1.29 is 24.6 Å². The first-order valence-electron chi connectivity index (χ1n) is 6.00. The number of nitrogens with one attached hydrogen (secondary N) is 2. The summed E-state index contributed by atoms with van der Waals surface area (Å²) in [6, 6.07) is -1.25. The Kier molecular flexibility index (Phi) is 7.22. The van der Waals surface area contributed by atoms with Crippen LogP contribution in [0.15, 0.2) is 0 Å². The standard InChI is InChI=1S/C9H16N4O3.C2H4O2/c1-5-7(14)12-9(11)13(5)4-2-3-6(10)8(15)16;1-2(3)4/h5-6H,2-4,10H2,1H3,(H,15,16)(H2,11,12,14);1H3,(H,3,4)/t5?,6-;/m0./s1. The number of aliphatic carboxylic acids is 2. The Hall–Kier alpha value is -2.16.